The van der Waals surface area contributed by atoms with Gasteiger partial charge >= 0.3 is 0 Å². The second kappa shape index (κ2) is 6.01. The second-order valence-electron chi connectivity index (χ2n) is 5.72. The molecule has 0 saturated carbocycles. The van der Waals surface area contributed by atoms with Crippen molar-refractivity contribution in [2.24, 2.45) is 0 Å². The van der Waals surface area contributed by atoms with E-state index in [4.69, 9.17) is 0 Å². The molecule has 23 heavy (non-hydrogen) atoms. The maximum atomic E-state index is 12.8. The Balaban J connectivity index is 1.52. The van der Waals surface area contributed by atoms with E-state index in [1.54, 1.807) is 17.5 Å². The fraction of sp³-hybridized carbons (Fsp3) is 0.222. The summed E-state index contributed by atoms with van der Waals surface area (Å²) < 4.78 is 1.86. The summed E-state index contributed by atoms with van der Waals surface area (Å²) in [4.78, 5) is 16.0. The largest absolute Gasteiger partial charge is 0.331 e. The third kappa shape index (κ3) is 2.80. The molecule has 4 rings (SSSR count). The summed E-state index contributed by atoms with van der Waals surface area (Å²) in [5.74, 6) is 0.122. The van der Waals surface area contributed by atoms with Crippen molar-refractivity contribution in [3.63, 3.8) is 0 Å². The van der Waals surface area contributed by atoms with Crippen LogP contribution in [0, 0.1) is 0 Å². The Morgan fingerprint density at radius 1 is 1.26 bits per heavy atom. The monoisotopic (exact) mass is 323 g/mol. The van der Waals surface area contributed by atoms with Crippen molar-refractivity contribution < 1.29 is 4.79 Å². The molecule has 1 saturated heterocycles. The standard InChI is InChI=1S/C18H17N3OS/c22-18(21-10-7-16(21)17-6-2-11-23-17)15-5-1-4-14(12-15)13-20-9-3-8-19-20/h1-6,8-9,11-12,16H,7,10,13H2. The predicted molar refractivity (Wildman–Crippen MR) is 90.5 cm³/mol. The summed E-state index contributed by atoms with van der Waals surface area (Å²) in [6, 6.07) is 14.2. The normalized spacial score (nSPS) is 17.0. The SMILES string of the molecule is O=C(c1cccc(Cn2cccn2)c1)N1CCC1c1cccs1. The molecule has 116 valence electrons. The molecule has 1 aliphatic rings. The maximum Gasteiger partial charge on any atom is 0.254 e. The van der Waals surface area contributed by atoms with Crippen molar-refractivity contribution in [2.45, 2.75) is 19.0 Å². The number of rotatable bonds is 4. The van der Waals surface area contributed by atoms with Crippen LogP contribution in [0.4, 0.5) is 0 Å². The zero-order chi connectivity index (χ0) is 15.6. The number of hydrogen-bond donors (Lipinski definition) is 0. The lowest BCUT2D eigenvalue weighted by molar-refractivity contribution is 0.0468. The first-order valence-electron chi connectivity index (χ1n) is 7.72. The van der Waals surface area contributed by atoms with E-state index in [1.807, 2.05) is 52.2 Å². The molecule has 3 heterocycles. The highest BCUT2D eigenvalue weighted by molar-refractivity contribution is 7.10. The summed E-state index contributed by atoms with van der Waals surface area (Å²) >= 11 is 1.72. The zero-order valence-electron chi connectivity index (χ0n) is 12.6. The van der Waals surface area contributed by atoms with Gasteiger partial charge in [0.05, 0.1) is 12.6 Å². The molecule has 1 aromatic carbocycles. The van der Waals surface area contributed by atoms with Gasteiger partial charge in [-0.2, -0.15) is 5.10 Å². The van der Waals surface area contributed by atoms with Gasteiger partial charge in [0.25, 0.3) is 5.91 Å². The lowest BCUT2D eigenvalue weighted by Crippen LogP contribution is -2.44. The van der Waals surface area contributed by atoms with Gasteiger partial charge in [0.15, 0.2) is 0 Å². The lowest BCUT2D eigenvalue weighted by Gasteiger charge is -2.40. The van der Waals surface area contributed by atoms with Crippen LogP contribution in [0.15, 0.2) is 60.2 Å². The Morgan fingerprint density at radius 2 is 2.22 bits per heavy atom. The number of thiophene rings is 1. The quantitative estimate of drug-likeness (QED) is 0.736. The van der Waals surface area contributed by atoms with Crippen LogP contribution in [0.3, 0.4) is 0 Å². The van der Waals surface area contributed by atoms with E-state index < -0.39 is 0 Å². The molecule has 1 unspecified atom stereocenters. The molecule has 1 aliphatic heterocycles. The van der Waals surface area contributed by atoms with Crippen molar-refractivity contribution in [1.82, 2.24) is 14.7 Å². The van der Waals surface area contributed by atoms with Crippen LogP contribution in [-0.2, 0) is 6.54 Å². The minimum Gasteiger partial charge on any atom is -0.331 e. The van der Waals surface area contributed by atoms with E-state index >= 15 is 0 Å². The van der Waals surface area contributed by atoms with Gasteiger partial charge in [-0.15, -0.1) is 11.3 Å². The number of hydrogen-bond acceptors (Lipinski definition) is 3. The first-order valence-corrected chi connectivity index (χ1v) is 8.60. The van der Waals surface area contributed by atoms with Crippen LogP contribution in [-0.4, -0.2) is 27.1 Å². The number of likely N-dealkylation sites (tertiary alicyclic amines) is 1. The molecule has 0 bridgehead atoms. The smallest absolute Gasteiger partial charge is 0.254 e. The Labute approximate surface area is 139 Å². The first-order chi connectivity index (χ1) is 11.3. The van der Waals surface area contributed by atoms with E-state index in [0.29, 0.717) is 6.54 Å². The van der Waals surface area contributed by atoms with Gasteiger partial charge < -0.3 is 4.90 Å². The van der Waals surface area contributed by atoms with Crippen molar-refractivity contribution in [3.05, 3.63) is 76.2 Å². The average molecular weight is 323 g/mol. The highest BCUT2D eigenvalue weighted by Crippen LogP contribution is 2.36. The van der Waals surface area contributed by atoms with Crippen LogP contribution in [0.25, 0.3) is 0 Å². The molecule has 3 aromatic rings. The van der Waals surface area contributed by atoms with Gasteiger partial charge in [-0.3, -0.25) is 9.48 Å². The van der Waals surface area contributed by atoms with E-state index in [-0.39, 0.29) is 11.9 Å². The highest BCUT2D eigenvalue weighted by Gasteiger charge is 2.34. The summed E-state index contributed by atoms with van der Waals surface area (Å²) in [6.45, 7) is 1.52. The molecule has 5 heteroatoms. The summed E-state index contributed by atoms with van der Waals surface area (Å²) in [5.41, 5.74) is 1.85. The van der Waals surface area contributed by atoms with Crippen LogP contribution in [0.2, 0.25) is 0 Å². The van der Waals surface area contributed by atoms with E-state index in [0.717, 1.165) is 24.1 Å². The van der Waals surface area contributed by atoms with Gasteiger partial charge in [-0.05, 0) is 41.6 Å². The Hall–Kier alpha value is -2.40. The third-order valence-electron chi connectivity index (χ3n) is 4.23. The van der Waals surface area contributed by atoms with E-state index in [2.05, 4.69) is 16.5 Å². The predicted octanol–water partition coefficient (Wildman–Crippen LogP) is 3.58. The summed E-state index contributed by atoms with van der Waals surface area (Å²) in [7, 11) is 0. The van der Waals surface area contributed by atoms with Gasteiger partial charge in [-0.25, -0.2) is 0 Å². The van der Waals surface area contributed by atoms with Crippen molar-refractivity contribution in [2.75, 3.05) is 6.54 Å². The second-order valence-corrected chi connectivity index (χ2v) is 6.70. The number of amides is 1. The molecule has 4 nitrogen and oxygen atoms in total. The van der Waals surface area contributed by atoms with E-state index in [9.17, 15) is 4.79 Å². The maximum absolute atomic E-state index is 12.8. The highest BCUT2D eigenvalue weighted by atomic mass is 32.1. The summed E-state index contributed by atoms with van der Waals surface area (Å²) in [5, 5.41) is 6.29. The minimum absolute atomic E-state index is 0.122. The zero-order valence-corrected chi connectivity index (χ0v) is 13.4. The average Bonchev–Trinajstić information content (AvgIpc) is 3.20. The molecular weight excluding hydrogens is 306 g/mol. The molecule has 0 radical (unpaired) electrons. The fourth-order valence-electron chi connectivity index (χ4n) is 2.96. The fourth-order valence-corrected chi connectivity index (χ4v) is 3.83. The number of carbonyl (C=O) groups is 1. The first kappa shape index (κ1) is 14.2. The van der Waals surface area contributed by atoms with Crippen LogP contribution in [0.1, 0.15) is 33.3 Å². The molecule has 0 aliphatic carbocycles. The Kier molecular flexibility index (Phi) is 3.71. The minimum atomic E-state index is 0.122. The van der Waals surface area contributed by atoms with Crippen LogP contribution in [0.5, 0.6) is 0 Å². The molecular formula is C18H17N3OS. The number of benzene rings is 1. The van der Waals surface area contributed by atoms with E-state index in [1.165, 1.54) is 4.88 Å². The van der Waals surface area contributed by atoms with Gasteiger partial charge in [0, 0.05) is 29.4 Å². The lowest BCUT2D eigenvalue weighted by atomic mass is 9.99. The molecule has 1 amide bonds. The van der Waals surface area contributed by atoms with Gasteiger partial charge in [0.2, 0.25) is 0 Å². The number of nitrogens with zero attached hydrogens (tertiary/aromatic N) is 3. The number of carbonyl (C=O) groups excluding carboxylic acids is 1. The van der Waals surface area contributed by atoms with Gasteiger partial charge in [-0.1, -0.05) is 18.2 Å². The molecule has 0 N–H and O–H groups in total. The number of aromatic nitrogens is 2. The van der Waals surface area contributed by atoms with Crippen molar-refractivity contribution in [3.8, 4) is 0 Å². The molecule has 1 atom stereocenters. The summed E-state index contributed by atoms with van der Waals surface area (Å²) in [6.07, 6.45) is 4.75. The van der Waals surface area contributed by atoms with Crippen molar-refractivity contribution in [1.29, 1.82) is 0 Å². The molecule has 1 fully saturated rings. The van der Waals surface area contributed by atoms with Gasteiger partial charge in [0.1, 0.15) is 0 Å². The molecule has 2 aromatic heterocycles. The molecule has 0 spiro atoms. The topological polar surface area (TPSA) is 38.1 Å². The van der Waals surface area contributed by atoms with Crippen LogP contribution >= 0.6 is 11.3 Å². The van der Waals surface area contributed by atoms with Crippen LogP contribution < -0.4 is 0 Å². The Morgan fingerprint density at radius 3 is 2.91 bits per heavy atom. The third-order valence-corrected chi connectivity index (χ3v) is 5.20. The Bertz CT molecular complexity index is 796. The van der Waals surface area contributed by atoms with Crippen molar-refractivity contribution >= 4 is 17.2 Å².